The number of nitrogens with one attached hydrogen (secondary N) is 1. The Kier molecular flexibility index (Phi) is 6.36. The van der Waals surface area contributed by atoms with Gasteiger partial charge in [-0.1, -0.05) is 42.5 Å². The van der Waals surface area contributed by atoms with Crippen LogP contribution >= 0.6 is 0 Å². The second kappa shape index (κ2) is 9.32. The van der Waals surface area contributed by atoms with Gasteiger partial charge in [-0.3, -0.25) is 14.6 Å². The number of carbonyl (C=O) groups is 2. The predicted molar refractivity (Wildman–Crippen MR) is 106 cm³/mol. The van der Waals surface area contributed by atoms with Gasteiger partial charge in [-0.05, 0) is 35.4 Å². The van der Waals surface area contributed by atoms with Crippen molar-refractivity contribution in [1.82, 2.24) is 10.3 Å². The number of ether oxygens (including phenoxy) is 1. The number of pyridine rings is 1. The van der Waals surface area contributed by atoms with Gasteiger partial charge >= 0.3 is 0 Å². The molecule has 0 unspecified atom stereocenters. The van der Waals surface area contributed by atoms with Gasteiger partial charge in [0.05, 0.1) is 5.56 Å². The minimum atomic E-state index is -0.836. The van der Waals surface area contributed by atoms with E-state index < -0.39 is 17.9 Å². The third-order valence-electron chi connectivity index (χ3n) is 4.16. The summed E-state index contributed by atoms with van der Waals surface area (Å²) >= 11 is 0. The molecule has 28 heavy (non-hydrogen) atoms. The van der Waals surface area contributed by atoms with Crippen LogP contribution in [-0.4, -0.2) is 22.8 Å². The Balaban J connectivity index is 1.64. The Labute approximate surface area is 163 Å². The largest absolute Gasteiger partial charge is 0.489 e. The van der Waals surface area contributed by atoms with Gasteiger partial charge in [-0.15, -0.1) is 0 Å². The molecule has 3 rings (SSSR count). The molecule has 0 spiro atoms. The molecule has 6 heteroatoms. The molecule has 3 aromatic rings. The Morgan fingerprint density at radius 1 is 1.00 bits per heavy atom. The van der Waals surface area contributed by atoms with Crippen LogP contribution in [0, 0.1) is 0 Å². The van der Waals surface area contributed by atoms with E-state index in [-0.39, 0.29) is 6.42 Å². The summed E-state index contributed by atoms with van der Waals surface area (Å²) in [5.41, 5.74) is 7.75. The topological polar surface area (TPSA) is 94.3 Å². The summed E-state index contributed by atoms with van der Waals surface area (Å²) in [7, 11) is 0. The Bertz CT molecular complexity index is 930. The van der Waals surface area contributed by atoms with Gasteiger partial charge in [0, 0.05) is 18.8 Å². The third kappa shape index (κ3) is 5.41. The van der Waals surface area contributed by atoms with Crippen LogP contribution in [0.25, 0.3) is 0 Å². The van der Waals surface area contributed by atoms with Crippen molar-refractivity contribution in [3.8, 4) is 5.75 Å². The van der Waals surface area contributed by atoms with Gasteiger partial charge in [0.1, 0.15) is 18.4 Å². The summed E-state index contributed by atoms with van der Waals surface area (Å²) in [6.07, 6.45) is 3.28. The van der Waals surface area contributed by atoms with Gasteiger partial charge in [-0.2, -0.15) is 0 Å². The van der Waals surface area contributed by atoms with Crippen LogP contribution in [0.15, 0.2) is 79.1 Å². The fraction of sp³-hybridized carbons (Fsp3) is 0.136. The van der Waals surface area contributed by atoms with Crippen molar-refractivity contribution in [2.75, 3.05) is 0 Å². The summed E-state index contributed by atoms with van der Waals surface area (Å²) in [5, 5.41) is 2.66. The molecular weight excluding hydrogens is 354 g/mol. The van der Waals surface area contributed by atoms with Crippen molar-refractivity contribution >= 4 is 11.8 Å². The quantitative estimate of drug-likeness (QED) is 0.632. The zero-order valence-corrected chi connectivity index (χ0v) is 15.2. The van der Waals surface area contributed by atoms with Crippen LogP contribution in [0.1, 0.15) is 21.5 Å². The molecule has 2 aromatic carbocycles. The number of carbonyl (C=O) groups excluding carboxylic acids is 2. The number of nitrogens with two attached hydrogens (primary N) is 1. The fourth-order valence-corrected chi connectivity index (χ4v) is 2.70. The standard InChI is InChI=1S/C22H21N3O3/c23-21(26)20(25-22(27)18-9-5-11-24-14-18)13-17-8-4-10-19(12-17)28-15-16-6-2-1-3-7-16/h1-12,14,20H,13,15H2,(H2,23,26)(H,25,27)/t20-/m0/s1. The first-order valence-electron chi connectivity index (χ1n) is 8.87. The second-order valence-corrected chi connectivity index (χ2v) is 6.30. The van der Waals surface area contributed by atoms with Crippen molar-refractivity contribution in [3.05, 3.63) is 95.8 Å². The third-order valence-corrected chi connectivity index (χ3v) is 4.16. The van der Waals surface area contributed by atoms with Crippen molar-refractivity contribution in [3.63, 3.8) is 0 Å². The van der Waals surface area contributed by atoms with Crippen LogP contribution < -0.4 is 15.8 Å². The molecule has 0 aliphatic carbocycles. The lowest BCUT2D eigenvalue weighted by atomic mass is 10.0. The summed E-state index contributed by atoms with van der Waals surface area (Å²) < 4.78 is 5.81. The number of aromatic nitrogens is 1. The second-order valence-electron chi connectivity index (χ2n) is 6.30. The van der Waals surface area contributed by atoms with Crippen molar-refractivity contribution in [2.45, 2.75) is 19.1 Å². The molecular formula is C22H21N3O3. The molecule has 6 nitrogen and oxygen atoms in total. The number of hydrogen-bond acceptors (Lipinski definition) is 4. The molecule has 0 radical (unpaired) electrons. The molecule has 0 aliphatic heterocycles. The van der Waals surface area contributed by atoms with E-state index in [2.05, 4.69) is 10.3 Å². The average molecular weight is 375 g/mol. The normalized spacial score (nSPS) is 11.4. The van der Waals surface area contributed by atoms with Gasteiger partial charge in [-0.25, -0.2) is 0 Å². The monoisotopic (exact) mass is 375 g/mol. The number of primary amides is 1. The van der Waals surface area contributed by atoms with E-state index in [1.165, 1.54) is 6.20 Å². The van der Waals surface area contributed by atoms with Gasteiger partial charge in [0.15, 0.2) is 0 Å². The molecule has 0 aliphatic rings. The molecule has 0 saturated carbocycles. The van der Waals surface area contributed by atoms with Crippen LogP contribution in [-0.2, 0) is 17.8 Å². The van der Waals surface area contributed by atoms with E-state index in [4.69, 9.17) is 10.5 Å². The Hall–Kier alpha value is -3.67. The molecule has 2 amide bonds. The van der Waals surface area contributed by atoms with E-state index in [1.807, 2.05) is 54.6 Å². The number of nitrogens with zero attached hydrogens (tertiary/aromatic N) is 1. The first kappa shape index (κ1) is 19.1. The lowest BCUT2D eigenvalue weighted by molar-refractivity contribution is -0.119. The van der Waals surface area contributed by atoms with Gasteiger partial charge in [0.25, 0.3) is 5.91 Å². The zero-order chi connectivity index (χ0) is 19.8. The summed E-state index contributed by atoms with van der Waals surface area (Å²) in [5.74, 6) is -0.315. The fourth-order valence-electron chi connectivity index (χ4n) is 2.70. The maximum atomic E-state index is 12.3. The molecule has 0 bridgehead atoms. The van der Waals surface area contributed by atoms with Gasteiger partial charge < -0.3 is 15.8 Å². The lowest BCUT2D eigenvalue weighted by Crippen LogP contribution is -2.45. The van der Waals surface area contributed by atoms with Crippen molar-refractivity contribution in [1.29, 1.82) is 0 Å². The number of amides is 2. The molecule has 142 valence electrons. The predicted octanol–water partition coefficient (Wildman–Crippen LogP) is 2.49. The highest BCUT2D eigenvalue weighted by molar-refractivity contribution is 5.97. The van der Waals surface area contributed by atoms with Crippen LogP contribution in [0.3, 0.4) is 0 Å². The Morgan fingerprint density at radius 2 is 1.79 bits per heavy atom. The summed E-state index contributed by atoms with van der Waals surface area (Å²) in [4.78, 5) is 28.0. The van der Waals surface area contributed by atoms with Gasteiger partial charge in [0.2, 0.25) is 5.91 Å². The highest BCUT2D eigenvalue weighted by atomic mass is 16.5. The zero-order valence-electron chi connectivity index (χ0n) is 15.2. The number of hydrogen-bond donors (Lipinski definition) is 2. The highest BCUT2D eigenvalue weighted by Gasteiger charge is 2.19. The van der Waals surface area contributed by atoms with E-state index in [1.54, 1.807) is 18.3 Å². The van der Waals surface area contributed by atoms with E-state index in [9.17, 15) is 9.59 Å². The highest BCUT2D eigenvalue weighted by Crippen LogP contribution is 2.16. The molecule has 1 heterocycles. The summed E-state index contributed by atoms with van der Waals surface area (Å²) in [6, 6.07) is 19.7. The first-order valence-corrected chi connectivity index (χ1v) is 8.87. The first-order chi connectivity index (χ1) is 13.6. The minimum absolute atomic E-state index is 0.268. The number of rotatable bonds is 8. The van der Waals surface area contributed by atoms with E-state index >= 15 is 0 Å². The minimum Gasteiger partial charge on any atom is -0.489 e. The Morgan fingerprint density at radius 3 is 2.50 bits per heavy atom. The summed E-state index contributed by atoms with van der Waals surface area (Å²) in [6.45, 7) is 0.446. The maximum absolute atomic E-state index is 12.3. The molecule has 0 saturated heterocycles. The van der Waals surface area contributed by atoms with E-state index in [0.717, 1.165) is 11.1 Å². The van der Waals surface area contributed by atoms with Crippen LogP contribution in [0.5, 0.6) is 5.75 Å². The smallest absolute Gasteiger partial charge is 0.253 e. The molecule has 3 N–H and O–H groups in total. The molecule has 1 atom stereocenters. The van der Waals surface area contributed by atoms with E-state index in [0.29, 0.717) is 17.9 Å². The maximum Gasteiger partial charge on any atom is 0.253 e. The van der Waals surface area contributed by atoms with Crippen molar-refractivity contribution < 1.29 is 14.3 Å². The van der Waals surface area contributed by atoms with Crippen LogP contribution in [0.2, 0.25) is 0 Å². The lowest BCUT2D eigenvalue weighted by Gasteiger charge is -2.16. The van der Waals surface area contributed by atoms with Crippen molar-refractivity contribution in [2.24, 2.45) is 5.73 Å². The molecule has 0 fully saturated rings. The molecule has 1 aromatic heterocycles. The average Bonchev–Trinajstić information content (AvgIpc) is 2.73. The number of benzene rings is 2. The SMILES string of the molecule is NC(=O)[C@H](Cc1cccc(OCc2ccccc2)c1)NC(=O)c1cccnc1. The van der Waals surface area contributed by atoms with Crippen LogP contribution in [0.4, 0.5) is 0 Å².